The van der Waals surface area contributed by atoms with Gasteiger partial charge >= 0.3 is 0 Å². The fourth-order valence-corrected chi connectivity index (χ4v) is 4.51. The Labute approximate surface area is 216 Å². The van der Waals surface area contributed by atoms with E-state index in [1.807, 2.05) is 18.7 Å². The normalized spacial score (nSPS) is 13.1. The summed E-state index contributed by atoms with van der Waals surface area (Å²) >= 11 is 0. The summed E-state index contributed by atoms with van der Waals surface area (Å²) in [5.41, 5.74) is 4.22. The molecule has 1 saturated heterocycles. The number of aromatic nitrogens is 4. The van der Waals surface area contributed by atoms with Crippen molar-refractivity contribution in [1.29, 1.82) is 0 Å². The van der Waals surface area contributed by atoms with Crippen LogP contribution in [0, 0.1) is 17.6 Å². The van der Waals surface area contributed by atoms with Crippen LogP contribution in [-0.4, -0.2) is 45.6 Å². The lowest BCUT2D eigenvalue weighted by Crippen LogP contribution is -2.27. The maximum absolute atomic E-state index is 15.1. The molecule has 12 heteroatoms. The number of fused-ring (bicyclic) bond motifs is 1. The van der Waals surface area contributed by atoms with E-state index < -0.39 is 34.7 Å². The molecular weight excluding hydrogens is 499 g/mol. The van der Waals surface area contributed by atoms with Crippen LogP contribution < -0.4 is 21.5 Å². The van der Waals surface area contributed by atoms with Gasteiger partial charge in [0.2, 0.25) is 5.95 Å². The largest absolute Gasteiger partial charge is 0.369 e. The van der Waals surface area contributed by atoms with Crippen molar-refractivity contribution in [2.75, 3.05) is 30.4 Å². The minimum atomic E-state index is -0.999. The molecule has 0 spiro atoms. The Kier molecular flexibility index (Phi) is 7.81. The van der Waals surface area contributed by atoms with Gasteiger partial charge in [-0.15, -0.1) is 5.10 Å². The van der Waals surface area contributed by atoms with Gasteiger partial charge in [-0.3, -0.25) is 14.3 Å². The van der Waals surface area contributed by atoms with Crippen LogP contribution in [0.4, 0.5) is 24.5 Å². The number of nitrogens with two attached hydrogens (primary N) is 1. The summed E-state index contributed by atoms with van der Waals surface area (Å²) in [6, 6.07) is 8.58. The van der Waals surface area contributed by atoms with Gasteiger partial charge in [-0.1, -0.05) is 6.07 Å². The summed E-state index contributed by atoms with van der Waals surface area (Å²) in [5.74, 6) is -3.36. The number of rotatable bonds is 5. The molecule has 0 atom stereocenters. The molecule has 3 N–H and O–H groups in total. The number of nitrogens with one attached hydrogen (secondary N) is 1. The average molecular weight is 528 g/mol. The van der Waals surface area contributed by atoms with Gasteiger partial charge in [0.25, 0.3) is 11.5 Å². The van der Waals surface area contributed by atoms with Crippen molar-refractivity contribution in [1.82, 2.24) is 19.6 Å². The van der Waals surface area contributed by atoms with Gasteiger partial charge in [-0.05, 0) is 64.1 Å². The second-order valence-corrected chi connectivity index (χ2v) is 8.87. The van der Waals surface area contributed by atoms with Gasteiger partial charge in [0, 0.05) is 25.2 Å². The minimum absolute atomic E-state index is 0.0760. The number of halogens is 3. The highest BCUT2D eigenvalue weighted by atomic mass is 19.1. The predicted molar refractivity (Wildman–Crippen MR) is 139 cm³/mol. The van der Waals surface area contributed by atoms with Crippen molar-refractivity contribution in [3.63, 3.8) is 0 Å². The first kappa shape index (κ1) is 26.9. The molecule has 1 aliphatic rings. The van der Waals surface area contributed by atoms with E-state index in [0.29, 0.717) is 40.0 Å². The molecule has 1 aliphatic heterocycles. The summed E-state index contributed by atoms with van der Waals surface area (Å²) in [6.45, 7) is 5.17. The fraction of sp³-hybridized carbons (Fsp3) is 0.308. The molecule has 200 valence electrons. The smallest absolute Gasteiger partial charge is 0.276 e. The Balaban J connectivity index is 0.00000164. The lowest BCUT2D eigenvalue weighted by atomic mass is 10.1. The van der Waals surface area contributed by atoms with Crippen LogP contribution in [0.25, 0.3) is 16.6 Å². The van der Waals surface area contributed by atoms with Crippen LogP contribution in [0.1, 0.15) is 43.2 Å². The standard InChI is InChI=1S/C25H23F3N6O2.CH5N/c1-14(2)33-19-10-8-17(23(21(19)24(28)31-33)32-12-3-4-13-32)29-25(36)18-9-11-20(35)34(30-18)22-15(26)6-5-7-16(22)27;1-2/h5-11,14H,3-4,12-13H2,1-2H3,(H,29,36);2H2,1H3. The Bertz CT molecular complexity index is 1520. The highest BCUT2D eigenvalue weighted by Gasteiger charge is 2.26. The van der Waals surface area contributed by atoms with Gasteiger partial charge in [0.15, 0.2) is 11.6 Å². The van der Waals surface area contributed by atoms with E-state index >= 15 is 4.39 Å². The molecule has 0 radical (unpaired) electrons. The maximum Gasteiger partial charge on any atom is 0.276 e. The fourth-order valence-electron chi connectivity index (χ4n) is 4.51. The topological polar surface area (TPSA) is 111 Å². The van der Waals surface area contributed by atoms with Gasteiger partial charge < -0.3 is 16.0 Å². The molecule has 0 aliphatic carbocycles. The van der Waals surface area contributed by atoms with E-state index in [1.54, 1.807) is 16.8 Å². The van der Waals surface area contributed by atoms with E-state index in [0.717, 1.165) is 37.1 Å². The number of benzene rings is 2. The van der Waals surface area contributed by atoms with Crippen LogP contribution in [0.3, 0.4) is 0 Å². The zero-order chi connectivity index (χ0) is 27.6. The Morgan fingerprint density at radius 3 is 2.24 bits per heavy atom. The summed E-state index contributed by atoms with van der Waals surface area (Å²) in [4.78, 5) is 27.5. The predicted octanol–water partition coefficient (Wildman–Crippen LogP) is 4.01. The van der Waals surface area contributed by atoms with Crippen LogP contribution in [0.2, 0.25) is 0 Å². The van der Waals surface area contributed by atoms with E-state index in [-0.39, 0.29) is 11.7 Å². The third-order valence-electron chi connectivity index (χ3n) is 6.15. The number of anilines is 2. The van der Waals surface area contributed by atoms with Gasteiger partial charge in [-0.2, -0.15) is 14.2 Å². The summed E-state index contributed by atoms with van der Waals surface area (Å²) in [6.07, 6.45) is 1.84. The highest BCUT2D eigenvalue weighted by molar-refractivity contribution is 6.09. The van der Waals surface area contributed by atoms with Crippen molar-refractivity contribution >= 4 is 28.2 Å². The first-order chi connectivity index (χ1) is 18.3. The van der Waals surface area contributed by atoms with Gasteiger partial charge in [-0.25, -0.2) is 8.78 Å². The highest BCUT2D eigenvalue weighted by Crippen LogP contribution is 2.39. The first-order valence-electron chi connectivity index (χ1n) is 12.2. The van der Waals surface area contributed by atoms with Crippen LogP contribution in [-0.2, 0) is 0 Å². The lowest BCUT2D eigenvalue weighted by Gasteiger charge is -2.23. The molecule has 3 heterocycles. The van der Waals surface area contributed by atoms with E-state index in [4.69, 9.17) is 0 Å². The molecule has 0 saturated carbocycles. The van der Waals surface area contributed by atoms with E-state index in [9.17, 15) is 18.4 Å². The molecule has 38 heavy (non-hydrogen) atoms. The number of carbonyl (C=O) groups excluding carboxylic acids is 1. The minimum Gasteiger partial charge on any atom is -0.369 e. The Hall–Kier alpha value is -4.19. The van der Waals surface area contributed by atoms with Crippen molar-refractivity contribution in [3.05, 3.63) is 76.1 Å². The molecule has 1 fully saturated rings. The molecule has 4 aromatic rings. The van der Waals surface area contributed by atoms with E-state index in [2.05, 4.69) is 21.2 Å². The molecule has 0 unspecified atom stereocenters. The number of hydrogen-bond donors (Lipinski definition) is 2. The molecule has 1 amide bonds. The second kappa shape index (κ2) is 11.1. The summed E-state index contributed by atoms with van der Waals surface area (Å²) < 4.78 is 45.7. The average Bonchev–Trinajstić information content (AvgIpc) is 3.55. The molecular formula is C26H28F3N7O2. The quantitative estimate of drug-likeness (QED) is 0.406. The third kappa shape index (κ3) is 4.86. The monoisotopic (exact) mass is 527 g/mol. The molecule has 2 aromatic carbocycles. The molecule has 5 rings (SSSR count). The van der Waals surface area contributed by atoms with E-state index in [1.165, 1.54) is 13.1 Å². The third-order valence-corrected chi connectivity index (χ3v) is 6.15. The first-order valence-corrected chi connectivity index (χ1v) is 12.2. The Morgan fingerprint density at radius 2 is 1.61 bits per heavy atom. The Morgan fingerprint density at radius 1 is 0.947 bits per heavy atom. The molecule has 9 nitrogen and oxygen atoms in total. The maximum atomic E-state index is 15.1. The van der Waals surface area contributed by atoms with Crippen molar-refractivity contribution in [3.8, 4) is 5.69 Å². The van der Waals surface area contributed by atoms with Gasteiger partial charge in [0.1, 0.15) is 11.4 Å². The van der Waals surface area contributed by atoms with Crippen LogP contribution in [0.5, 0.6) is 0 Å². The van der Waals surface area contributed by atoms with Crippen molar-refractivity contribution < 1.29 is 18.0 Å². The zero-order valence-corrected chi connectivity index (χ0v) is 21.2. The summed E-state index contributed by atoms with van der Waals surface area (Å²) in [5, 5.41) is 11.0. The molecule has 0 bridgehead atoms. The SMILES string of the molecule is CC(C)n1nc(F)c2c(N3CCCC3)c(NC(=O)c3ccc(=O)n(-c4c(F)cccc4F)n3)ccc21.CN. The summed E-state index contributed by atoms with van der Waals surface area (Å²) in [7, 11) is 1.50. The number of nitrogens with zero attached hydrogens (tertiary/aromatic N) is 5. The van der Waals surface area contributed by atoms with Gasteiger partial charge in [0.05, 0.1) is 22.3 Å². The van der Waals surface area contributed by atoms with Crippen LogP contribution >= 0.6 is 0 Å². The van der Waals surface area contributed by atoms with Crippen molar-refractivity contribution in [2.45, 2.75) is 32.7 Å². The molecule has 2 aromatic heterocycles. The lowest BCUT2D eigenvalue weighted by molar-refractivity contribution is 0.102. The van der Waals surface area contributed by atoms with Crippen molar-refractivity contribution in [2.24, 2.45) is 5.73 Å². The zero-order valence-electron chi connectivity index (χ0n) is 21.2. The number of para-hydroxylation sites is 1. The number of hydrogen-bond acceptors (Lipinski definition) is 6. The van der Waals surface area contributed by atoms with Crippen LogP contribution in [0.15, 0.2) is 47.3 Å². The second-order valence-electron chi connectivity index (χ2n) is 8.87. The number of carbonyl (C=O) groups is 1. The number of amides is 1.